The molecule has 0 bridgehead atoms. The minimum absolute atomic E-state index is 0. The Labute approximate surface area is 168 Å². The summed E-state index contributed by atoms with van der Waals surface area (Å²) < 4.78 is 0. The molecule has 142 valence electrons. The molecule has 1 atom stereocenters. The molecule has 2 amide bonds. The molecule has 0 aliphatic carbocycles. The van der Waals surface area contributed by atoms with Gasteiger partial charge in [-0.2, -0.15) is 0 Å². The van der Waals surface area contributed by atoms with Crippen LogP contribution in [0.4, 0.5) is 5.69 Å². The second-order valence-electron chi connectivity index (χ2n) is 6.36. The minimum Gasteiger partial charge on any atom is -0.345 e. The maximum absolute atomic E-state index is 12.6. The van der Waals surface area contributed by atoms with Gasteiger partial charge in [0, 0.05) is 12.1 Å². The van der Waals surface area contributed by atoms with Crippen molar-refractivity contribution in [1.82, 2.24) is 5.32 Å². The number of hydrogen-bond acceptors (Lipinski definition) is 4. The van der Waals surface area contributed by atoms with Crippen LogP contribution in [0.1, 0.15) is 40.8 Å². The Morgan fingerprint density at radius 1 is 1.27 bits per heavy atom. The molecule has 2 aromatic rings. The van der Waals surface area contributed by atoms with Gasteiger partial charge in [0.2, 0.25) is 0 Å². The molecule has 1 unspecified atom stereocenters. The molecule has 26 heavy (non-hydrogen) atoms. The summed E-state index contributed by atoms with van der Waals surface area (Å²) in [4.78, 5) is 25.3. The molecule has 0 aliphatic rings. The number of carbonyl (C=O) groups is 2. The molecule has 8 heteroatoms. The third-order valence-electron chi connectivity index (χ3n) is 4.32. The van der Waals surface area contributed by atoms with E-state index in [1.54, 1.807) is 30.3 Å². The van der Waals surface area contributed by atoms with Gasteiger partial charge in [0.1, 0.15) is 0 Å². The quantitative estimate of drug-likeness (QED) is 0.661. The molecule has 1 heterocycles. The van der Waals surface area contributed by atoms with E-state index in [0.717, 1.165) is 0 Å². The van der Waals surface area contributed by atoms with Crippen molar-refractivity contribution >= 4 is 52.8 Å². The van der Waals surface area contributed by atoms with Crippen molar-refractivity contribution < 1.29 is 9.59 Å². The molecular formula is C18H23Cl2N3O2S. The number of anilines is 1. The number of hydrogen-bond donors (Lipinski definition) is 3. The van der Waals surface area contributed by atoms with Crippen LogP contribution < -0.4 is 16.4 Å². The van der Waals surface area contributed by atoms with Crippen LogP contribution in [-0.2, 0) is 0 Å². The van der Waals surface area contributed by atoms with Gasteiger partial charge in [-0.05, 0) is 42.5 Å². The maximum atomic E-state index is 12.6. The third kappa shape index (κ3) is 5.20. The first kappa shape index (κ1) is 22.4. The summed E-state index contributed by atoms with van der Waals surface area (Å²) in [6, 6.07) is 8.30. The van der Waals surface area contributed by atoms with E-state index in [1.807, 2.05) is 26.2 Å². The van der Waals surface area contributed by atoms with Crippen LogP contribution in [0, 0.1) is 5.92 Å². The fourth-order valence-corrected chi connectivity index (χ4v) is 2.90. The van der Waals surface area contributed by atoms with Crippen LogP contribution in [0.2, 0.25) is 5.02 Å². The standard InChI is InChI=1S/C18H22ClN3O2S.ClH/c1-11(2)18(3,10-20)22-16(23)12-6-7-13(19)14(9-12)21-17(24)15-5-4-8-25-15;/h4-9,11H,10,20H2,1-3H3,(H,21,24)(H,22,23);1H. The predicted molar refractivity (Wildman–Crippen MR) is 111 cm³/mol. The summed E-state index contributed by atoms with van der Waals surface area (Å²) in [5, 5.41) is 7.90. The van der Waals surface area contributed by atoms with Crippen molar-refractivity contribution in [2.75, 3.05) is 11.9 Å². The number of nitrogens with two attached hydrogens (primary N) is 1. The fourth-order valence-electron chi connectivity index (χ4n) is 2.12. The van der Waals surface area contributed by atoms with E-state index in [2.05, 4.69) is 10.6 Å². The van der Waals surface area contributed by atoms with E-state index in [0.29, 0.717) is 27.7 Å². The third-order valence-corrected chi connectivity index (χ3v) is 5.52. The van der Waals surface area contributed by atoms with E-state index in [1.165, 1.54) is 11.3 Å². The van der Waals surface area contributed by atoms with Crippen LogP contribution in [-0.4, -0.2) is 23.9 Å². The zero-order valence-electron chi connectivity index (χ0n) is 14.8. The SMILES string of the molecule is CC(C)C(C)(CN)NC(=O)c1ccc(Cl)c(NC(=O)c2cccs2)c1.Cl. The number of benzene rings is 1. The normalized spacial score (nSPS) is 12.8. The first-order chi connectivity index (χ1) is 11.8. The molecular weight excluding hydrogens is 393 g/mol. The van der Waals surface area contributed by atoms with Gasteiger partial charge in [0.25, 0.3) is 11.8 Å². The second kappa shape index (κ2) is 9.37. The molecule has 4 N–H and O–H groups in total. The van der Waals surface area contributed by atoms with Gasteiger partial charge in [0.05, 0.1) is 21.1 Å². The van der Waals surface area contributed by atoms with E-state index in [9.17, 15) is 9.59 Å². The molecule has 1 aromatic heterocycles. The molecule has 0 saturated heterocycles. The lowest BCUT2D eigenvalue weighted by Gasteiger charge is -2.33. The zero-order valence-corrected chi connectivity index (χ0v) is 17.2. The molecule has 1 aromatic carbocycles. The highest BCUT2D eigenvalue weighted by Crippen LogP contribution is 2.25. The molecule has 0 fully saturated rings. The van der Waals surface area contributed by atoms with Crippen molar-refractivity contribution in [2.45, 2.75) is 26.3 Å². The second-order valence-corrected chi connectivity index (χ2v) is 7.71. The summed E-state index contributed by atoms with van der Waals surface area (Å²) in [5.41, 5.74) is 6.10. The minimum atomic E-state index is -0.517. The van der Waals surface area contributed by atoms with Gasteiger partial charge in [0.15, 0.2) is 0 Å². The Hall–Kier alpha value is -1.60. The molecule has 0 saturated carbocycles. The highest BCUT2D eigenvalue weighted by atomic mass is 35.5. The van der Waals surface area contributed by atoms with E-state index in [-0.39, 0.29) is 30.1 Å². The molecule has 0 radical (unpaired) electrons. The van der Waals surface area contributed by atoms with Crippen molar-refractivity contribution in [1.29, 1.82) is 0 Å². The van der Waals surface area contributed by atoms with Crippen molar-refractivity contribution in [2.24, 2.45) is 11.7 Å². The summed E-state index contributed by atoms with van der Waals surface area (Å²) >= 11 is 7.49. The van der Waals surface area contributed by atoms with Gasteiger partial charge in [-0.25, -0.2) is 0 Å². The first-order valence-electron chi connectivity index (χ1n) is 7.94. The highest BCUT2D eigenvalue weighted by Gasteiger charge is 2.29. The summed E-state index contributed by atoms with van der Waals surface area (Å²) in [5.74, 6) is -0.347. The summed E-state index contributed by atoms with van der Waals surface area (Å²) in [6.45, 7) is 6.24. The predicted octanol–water partition coefficient (Wildman–Crippen LogP) is 4.18. The molecule has 2 rings (SSSR count). The first-order valence-corrected chi connectivity index (χ1v) is 9.19. The topological polar surface area (TPSA) is 84.2 Å². The molecule has 0 spiro atoms. The zero-order chi connectivity index (χ0) is 18.6. The Morgan fingerprint density at radius 2 is 1.96 bits per heavy atom. The molecule has 0 aliphatic heterocycles. The van der Waals surface area contributed by atoms with Crippen LogP contribution in [0.15, 0.2) is 35.7 Å². The smallest absolute Gasteiger partial charge is 0.265 e. The number of rotatable bonds is 6. The number of halogens is 2. The number of carbonyl (C=O) groups excluding carboxylic acids is 2. The Morgan fingerprint density at radius 3 is 2.50 bits per heavy atom. The van der Waals surface area contributed by atoms with Gasteiger partial charge in [-0.15, -0.1) is 23.7 Å². The number of amides is 2. The monoisotopic (exact) mass is 415 g/mol. The Bertz CT molecular complexity index is 766. The molecule has 5 nitrogen and oxygen atoms in total. The Kier molecular flexibility index (Phi) is 8.09. The van der Waals surface area contributed by atoms with Crippen molar-refractivity contribution in [3.05, 3.63) is 51.2 Å². The number of thiophene rings is 1. The van der Waals surface area contributed by atoms with Crippen LogP contribution in [0.25, 0.3) is 0 Å². The van der Waals surface area contributed by atoms with Crippen LogP contribution in [0.5, 0.6) is 0 Å². The average Bonchev–Trinajstić information content (AvgIpc) is 3.11. The fraction of sp³-hybridized carbons (Fsp3) is 0.333. The van der Waals surface area contributed by atoms with E-state index >= 15 is 0 Å². The lowest BCUT2D eigenvalue weighted by atomic mass is 9.88. The largest absolute Gasteiger partial charge is 0.345 e. The van der Waals surface area contributed by atoms with E-state index < -0.39 is 5.54 Å². The van der Waals surface area contributed by atoms with Crippen LogP contribution in [0.3, 0.4) is 0 Å². The van der Waals surface area contributed by atoms with Gasteiger partial charge < -0.3 is 16.4 Å². The van der Waals surface area contributed by atoms with Gasteiger partial charge in [-0.3, -0.25) is 9.59 Å². The van der Waals surface area contributed by atoms with Crippen molar-refractivity contribution in [3.8, 4) is 0 Å². The van der Waals surface area contributed by atoms with Crippen LogP contribution >= 0.6 is 35.3 Å². The van der Waals surface area contributed by atoms with Gasteiger partial charge in [-0.1, -0.05) is 31.5 Å². The number of nitrogens with one attached hydrogen (secondary N) is 2. The van der Waals surface area contributed by atoms with Crippen molar-refractivity contribution in [3.63, 3.8) is 0 Å². The van der Waals surface area contributed by atoms with Gasteiger partial charge >= 0.3 is 0 Å². The lowest BCUT2D eigenvalue weighted by Crippen LogP contribution is -2.55. The average molecular weight is 416 g/mol. The summed E-state index contributed by atoms with van der Waals surface area (Å²) in [6.07, 6.45) is 0. The maximum Gasteiger partial charge on any atom is 0.265 e. The Balaban J connectivity index is 0.00000338. The van der Waals surface area contributed by atoms with E-state index in [4.69, 9.17) is 17.3 Å². The lowest BCUT2D eigenvalue weighted by molar-refractivity contribution is 0.0882. The summed E-state index contributed by atoms with van der Waals surface area (Å²) in [7, 11) is 0. The highest BCUT2D eigenvalue weighted by molar-refractivity contribution is 7.12.